The standard InChI is InChI=1S/C21H28O4/c1-14-4-10-21(23)13-20(18(22)24-3)9-6-16(20)17(21)19(14,2)8-5-15-7-11-25-12-15/h6-7,9,11-12,14,16-17,23H,4-5,8,10,13H2,1-3H3. The van der Waals surface area contributed by atoms with Crippen LogP contribution in [0, 0.1) is 28.6 Å². The van der Waals surface area contributed by atoms with E-state index in [-0.39, 0.29) is 23.2 Å². The summed E-state index contributed by atoms with van der Waals surface area (Å²) in [7, 11) is 1.45. The van der Waals surface area contributed by atoms with Crippen molar-refractivity contribution in [3.05, 3.63) is 36.3 Å². The van der Waals surface area contributed by atoms with Crippen LogP contribution in [0.1, 0.15) is 45.1 Å². The van der Waals surface area contributed by atoms with Crippen molar-refractivity contribution in [2.75, 3.05) is 7.11 Å². The quantitative estimate of drug-likeness (QED) is 0.668. The van der Waals surface area contributed by atoms with Gasteiger partial charge in [0.1, 0.15) is 0 Å². The molecule has 136 valence electrons. The Labute approximate surface area is 149 Å². The summed E-state index contributed by atoms with van der Waals surface area (Å²) in [4.78, 5) is 12.5. The first-order valence-corrected chi connectivity index (χ1v) is 9.37. The van der Waals surface area contributed by atoms with Crippen LogP contribution < -0.4 is 0 Å². The van der Waals surface area contributed by atoms with E-state index in [1.165, 1.54) is 12.7 Å². The second-order valence-corrected chi connectivity index (χ2v) is 8.75. The summed E-state index contributed by atoms with van der Waals surface area (Å²) >= 11 is 0. The number of esters is 1. The van der Waals surface area contributed by atoms with Crippen LogP contribution in [-0.4, -0.2) is 23.8 Å². The van der Waals surface area contributed by atoms with Crippen molar-refractivity contribution in [2.45, 2.75) is 51.6 Å². The topological polar surface area (TPSA) is 59.7 Å². The summed E-state index contributed by atoms with van der Waals surface area (Å²) in [5, 5.41) is 11.5. The molecule has 3 aliphatic rings. The van der Waals surface area contributed by atoms with Crippen LogP contribution in [0.15, 0.2) is 35.2 Å². The number of fused-ring (bicyclic) bond motifs is 3. The fourth-order valence-corrected chi connectivity index (χ4v) is 6.06. The molecule has 6 unspecified atom stereocenters. The minimum atomic E-state index is -0.778. The van der Waals surface area contributed by atoms with Crippen LogP contribution in [0.3, 0.4) is 0 Å². The number of methoxy groups -OCH3 is 1. The van der Waals surface area contributed by atoms with Crippen molar-refractivity contribution >= 4 is 5.97 Å². The van der Waals surface area contributed by atoms with Gasteiger partial charge in [0.15, 0.2) is 0 Å². The highest BCUT2D eigenvalue weighted by molar-refractivity contribution is 5.83. The van der Waals surface area contributed by atoms with Crippen molar-refractivity contribution in [2.24, 2.45) is 28.6 Å². The molecule has 1 N–H and O–H groups in total. The SMILES string of the molecule is COC(=O)C12C=CC1C1C(O)(CCC(C)C1(C)CCc1ccoc1)C2. The molecule has 2 fully saturated rings. The number of furan rings is 1. The minimum absolute atomic E-state index is 0.0184. The smallest absolute Gasteiger partial charge is 0.316 e. The number of allylic oxidation sites excluding steroid dienone is 1. The van der Waals surface area contributed by atoms with Gasteiger partial charge < -0.3 is 14.3 Å². The number of aliphatic hydroxyl groups is 1. The van der Waals surface area contributed by atoms with E-state index in [9.17, 15) is 9.90 Å². The lowest BCUT2D eigenvalue weighted by Crippen LogP contribution is -2.53. The first-order valence-electron chi connectivity index (χ1n) is 9.37. The van der Waals surface area contributed by atoms with Crippen molar-refractivity contribution in [3.63, 3.8) is 0 Å². The molecule has 4 rings (SSSR count). The van der Waals surface area contributed by atoms with Gasteiger partial charge in [-0.2, -0.15) is 0 Å². The Kier molecular flexibility index (Phi) is 3.70. The third kappa shape index (κ3) is 2.19. The van der Waals surface area contributed by atoms with Gasteiger partial charge in [0.05, 0.1) is 30.7 Å². The number of rotatable bonds is 4. The van der Waals surface area contributed by atoms with E-state index in [1.807, 2.05) is 12.1 Å². The molecular formula is C21H28O4. The minimum Gasteiger partial charge on any atom is -0.472 e. The summed E-state index contributed by atoms with van der Waals surface area (Å²) in [5.41, 5.74) is -0.214. The Bertz CT molecular complexity index is 693. The maximum absolute atomic E-state index is 12.5. The van der Waals surface area contributed by atoms with Gasteiger partial charge in [0.2, 0.25) is 0 Å². The molecule has 1 aromatic rings. The molecule has 0 spiro atoms. The molecule has 25 heavy (non-hydrogen) atoms. The molecule has 0 aliphatic heterocycles. The first kappa shape index (κ1) is 16.9. The molecule has 0 radical (unpaired) electrons. The van der Waals surface area contributed by atoms with Crippen LogP contribution in [0.25, 0.3) is 0 Å². The summed E-state index contributed by atoms with van der Waals surface area (Å²) in [6.07, 6.45) is 11.8. The van der Waals surface area contributed by atoms with Crippen LogP contribution in [0.2, 0.25) is 0 Å². The zero-order valence-corrected chi connectivity index (χ0v) is 15.3. The molecule has 6 atom stereocenters. The molecule has 4 nitrogen and oxygen atoms in total. The lowest BCUT2D eigenvalue weighted by atomic mass is 9.52. The van der Waals surface area contributed by atoms with E-state index in [0.29, 0.717) is 12.3 Å². The Morgan fingerprint density at radius 3 is 2.88 bits per heavy atom. The van der Waals surface area contributed by atoms with Gasteiger partial charge in [-0.15, -0.1) is 0 Å². The van der Waals surface area contributed by atoms with Crippen LogP contribution in [0.5, 0.6) is 0 Å². The van der Waals surface area contributed by atoms with Crippen LogP contribution in [0.4, 0.5) is 0 Å². The summed E-state index contributed by atoms with van der Waals surface area (Å²) in [5.74, 6) is 0.501. The average molecular weight is 344 g/mol. The lowest BCUT2D eigenvalue weighted by Gasteiger charge is -2.54. The number of carbonyl (C=O) groups excluding carboxylic acids is 1. The summed E-state index contributed by atoms with van der Waals surface area (Å²) in [6, 6.07) is 2.01. The Morgan fingerprint density at radius 2 is 2.28 bits per heavy atom. The van der Waals surface area contributed by atoms with Gasteiger partial charge in [-0.05, 0) is 55.1 Å². The van der Waals surface area contributed by atoms with Crippen molar-refractivity contribution in [3.8, 4) is 0 Å². The molecule has 0 saturated heterocycles. The Hall–Kier alpha value is -1.55. The second kappa shape index (κ2) is 5.47. The first-order chi connectivity index (χ1) is 11.9. The zero-order chi connectivity index (χ0) is 17.9. The molecule has 0 amide bonds. The number of ether oxygens (including phenoxy) is 1. The maximum Gasteiger partial charge on any atom is 0.316 e. The lowest BCUT2D eigenvalue weighted by molar-refractivity contribution is -0.153. The zero-order valence-electron chi connectivity index (χ0n) is 15.3. The van der Waals surface area contributed by atoms with Crippen molar-refractivity contribution in [1.29, 1.82) is 0 Å². The monoisotopic (exact) mass is 344 g/mol. The highest BCUT2D eigenvalue weighted by Crippen LogP contribution is 2.69. The predicted octanol–water partition coefficient (Wildman–Crippen LogP) is 3.74. The Morgan fingerprint density at radius 1 is 1.48 bits per heavy atom. The number of hydrogen-bond acceptors (Lipinski definition) is 4. The van der Waals surface area contributed by atoms with Crippen LogP contribution >= 0.6 is 0 Å². The number of aryl methyl sites for hydroxylation is 1. The normalized spacial score (nSPS) is 44.7. The fourth-order valence-electron chi connectivity index (χ4n) is 6.06. The highest BCUT2D eigenvalue weighted by Gasteiger charge is 2.71. The summed E-state index contributed by atoms with van der Waals surface area (Å²) < 4.78 is 10.3. The third-order valence-corrected chi connectivity index (χ3v) is 7.68. The highest BCUT2D eigenvalue weighted by atomic mass is 16.5. The molecule has 1 heterocycles. The van der Waals surface area contributed by atoms with Crippen molar-refractivity contribution < 1.29 is 19.1 Å². The van der Waals surface area contributed by atoms with Gasteiger partial charge in [0.25, 0.3) is 0 Å². The average Bonchev–Trinajstić information content (AvgIpc) is 3.16. The summed E-state index contributed by atoms with van der Waals surface area (Å²) in [6.45, 7) is 4.61. The van der Waals surface area contributed by atoms with E-state index in [2.05, 4.69) is 19.9 Å². The fraction of sp³-hybridized carbons (Fsp3) is 0.667. The molecule has 1 aromatic heterocycles. The molecule has 0 aromatic carbocycles. The van der Waals surface area contributed by atoms with Gasteiger partial charge >= 0.3 is 5.97 Å². The van der Waals surface area contributed by atoms with Crippen molar-refractivity contribution in [1.82, 2.24) is 0 Å². The van der Waals surface area contributed by atoms with Gasteiger partial charge in [-0.1, -0.05) is 26.0 Å². The number of hydrogen-bond donors (Lipinski definition) is 1. The van der Waals surface area contributed by atoms with Gasteiger partial charge in [0, 0.05) is 11.8 Å². The molecular weight excluding hydrogens is 316 g/mol. The molecule has 2 saturated carbocycles. The number of carbonyl (C=O) groups is 1. The predicted molar refractivity (Wildman–Crippen MR) is 93.7 cm³/mol. The molecule has 4 heteroatoms. The maximum atomic E-state index is 12.5. The van der Waals surface area contributed by atoms with E-state index in [1.54, 1.807) is 12.5 Å². The molecule has 3 aliphatic carbocycles. The molecule has 0 bridgehead atoms. The van der Waals surface area contributed by atoms with E-state index in [4.69, 9.17) is 9.15 Å². The third-order valence-electron chi connectivity index (χ3n) is 7.68. The van der Waals surface area contributed by atoms with Gasteiger partial charge in [-0.3, -0.25) is 4.79 Å². The van der Waals surface area contributed by atoms with E-state index >= 15 is 0 Å². The van der Waals surface area contributed by atoms with E-state index < -0.39 is 11.0 Å². The van der Waals surface area contributed by atoms with Crippen LogP contribution in [-0.2, 0) is 16.0 Å². The largest absolute Gasteiger partial charge is 0.472 e. The second-order valence-electron chi connectivity index (χ2n) is 8.75. The van der Waals surface area contributed by atoms with Gasteiger partial charge in [-0.25, -0.2) is 0 Å². The van der Waals surface area contributed by atoms with E-state index in [0.717, 1.165) is 25.7 Å². The Balaban J connectivity index is 1.67.